The van der Waals surface area contributed by atoms with Gasteiger partial charge in [-0.15, -0.1) is 0 Å². The lowest BCUT2D eigenvalue weighted by Crippen LogP contribution is -2.25. The van der Waals surface area contributed by atoms with Crippen molar-refractivity contribution in [3.8, 4) is 22.6 Å². The van der Waals surface area contributed by atoms with Crippen LogP contribution < -0.4 is 14.8 Å². The van der Waals surface area contributed by atoms with Crippen LogP contribution >= 0.6 is 0 Å². The number of carbonyl (C=O) groups is 1. The van der Waals surface area contributed by atoms with E-state index in [1.165, 1.54) is 0 Å². The van der Waals surface area contributed by atoms with E-state index in [9.17, 15) is 4.79 Å². The largest absolute Gasteiger partial charge is 0.496 e. The first-order valence-electron chi connectivity index (χ1n) is 10.9. The maximum atomic E-state index is 12.4. The van der Waals surface area contributed by atoms with Gasteiger partial charge >= 0.3 is 0 Å². The number of furan rings is 1. The molecular formula is C26H32N2O4. The zero-order valence-corrected chi connectivity index (χ0v) is 19.5. The molecule has 32 heavy (non-hydrogen) atoms. The second-order valence-electron chi connectivity index (χ2n) is 7.90. The minimum absolute atomic E-state index is 0.110. The molecule has 1 amide bonds. The molecule has 0 saturated heterocycles. The first kappa shape index (κ1) is 23.4. The molecule has 0 bridgehead atoms. The SMILES string of the molecule is CCOc1cc2occ(-c3ccccc3OC)c2cc1/C(C)=C/C(=O)NCCCN(C)C. The summed E-state index contributed by atoms with van der Waals surface area (Å²) in [6.07, 6.45) is 4.26. The zero-order chi connectivity index (χ0) is 23.1. The molecule has 0 saturated carbocycles. The molecule has 170 valence electrons. The van der Waals surface area contributed by atoms with E-state index in [2.05, 4.69) is 10.2 Å². The van der Waals surface area contributed by atoms with Crippen LogP contribution in [0.3, 0.4) is 0 Å². The van der Waals surface area contributed by atoms with Crippen molar-refractivity contribution < 1.29 is 18.7 Å². The van der Waals surface area contributed by atoms with Gasteiger partial charge in [0, 0.05) is 40.8 Å². The van der Waals surface area contributed by atoms with Gasteiger partial charge in [-0.3, -0.25) is 4.79 Å². The third-order valence-corrected chi connectivity index (χ3v) is 5.23. The Bertz CT molecular complexity index is 1100. The minimum atomic E-state index is -0.110. The Morgan fingerprint density at radius 2 is 1.94 bits per heavy atom. The summed E-state index contributed by atoms with van der Waals surface area (Å²) < 4.78 is 17.3. The van der Waals surface area contributed by atoms with E-state index in [-0.39, 0.29) is 5.91 Å². The number of carbonyl (C=O) groups excluding carboxylic acids is 1. The van der Waals surface area contributed by atoms with Crippen LogP contribution in [0.25, 0.3) is 27.7 Å². The molecule has 0 spiro atoms. The third-order valence-electron chi connectivity index (χ3n) is 5.23. The number of rotatable bonds is 10. The maximum absolute atomic E-state index is 12.4. The number of benzene rings is 2. The molecule has 0 radical (unpaired) electrons. The van der Waals surface area contributed by atoms with Gasteiger partial charge in [0.1, 0.15) is 17.1 Å². The normalized spacial score (nSPS) is 11.8. The first-order valence-corrected chi connectivity index (χ1v) is 10.9. The zero-order valence-electron chi connectivity index (χ0n) is 19.5. The van der Waals surface area contributed by atoms with Crippen LogP contribution in [0.1, 0.15) is 25.8 Å². The number of nitrogens with one attached hydrogen (secondary N) is 1. The Hall–Kier alpha value is -3.25. The van der Waals surface area contributed by atoms with E-state index in [0.717, 1.165) is 51.9 Å². The predicted molar refractivity (Wildman–Crippen MR) is 129 cm³/mol. The van der Waals surface area contributed by atoms with Crippen molar-refractivity contribution in [3.63, 3.8) is 0 Å². The monoisotopic (exact) mass is 436 g/mol. The summed E-state index contributed by atoms with van der Waals surface area (Å²) in [5.74, 6) is 1.35. The average Bonchev–Trinajstić information content (AvgIpc) is 3.18. The molecule has 1 N–H and O–H groups in total. The summed E-state index contributed by atoms with van der Waals surface area (Å²) >= 11 is 0. The van der Waals surface area contributed by atoms with Crippen molar-refractivity contribution in [2.24, 2.45) is 0 Å². The van der Waals surface area contributed by atoms with Crippen molar-refractivity contribution in [2.45, 2.75) is 20.3 Å². The molecule has 2 aromatic carbocycles. The molecule has 6 nitrogen and oxygen atoms in total. The quantitative estimate of drug-likeness (QED) is 0.359. The third kappa shape index (κ3) is 5.51. The van der Waals surface area contributed by atoms with Crippen molar-refractivity contribution in [1.29, 1.82) is 0 Å². The second-order valence-corrected chi connectivity index (χ2v) is 7.90. The van der Waals surface area contributed by atoms with Crippen LogP contribution in [0, 0.1) is 0 Å². The van der Waals surface area contributed by atoms with Crippen LogP contribution in [0.5, 0.6) is 11.5 Å². The molecule has 0 aliphatic heterocycles. The molecule has 1 heterocycles. The Kier molecular flexibility index (Phi) is 7.95. The van der Waals surface area contributed by atoms with E-state index in [1.54, 1.807) is 19.4 Å². The van der Waals surface area contributed by atoms with Crippen molar-refractivity contribution >= 4 is 22.4 Å². The fourth-order valence-corrected chi connectivity index (χ4v) is 3.65. The van der Waals surface area contributed by atoms with Gasteiger partial charge in [-0.25, -0.2) is 0 Å². The molecule has 0 unspecified atom stereocenters. The van der Waals surface area contributed by atoms with E-state index < -0.39 is 0 Å². The predicted octanol–water partition coefficient (Wildman–Crippen LogP) is 4.98. The summed E-state index contributed by atoms with van der Waals surface area (Å²) in [6, 6.07) is 11.7. The minimum Gasteiger partial charge on any atom is -0.496 e. The van der Waals surface area contributed by atoms with E-state index in [0.29, 0.717) is 18.9 Å². The van der Waals surface area contributed by atoms with Gasteiger partial charge in [-0.2, -0.15) is 0 Å². The second kappa shape index (κ2) is 10.9. The van der Waals surface area contributed by atoms with Crippen LogP contribution in [0.2, 0.25) is 0 Å². The standard InChI is InChI=1S/C26H32N2O4/c1-6-31-24-16-25-21(22(17-32-25)19-10-7-8-11-23(19)30-5)15-20(24)18(2)14-26(29)27-12-9-13-28(3)4/h7-8,10-11,14-17H,6,9,12-13H2,1-5H3,(H,27,29)/b18-14+. The Labute approximate surface area is 189 Å². The molecule has 3 rings (SSSR count). The number of methoxy groups -OCH3 is 1. The van der Waals surface area contributed by atoms with Gasteiger partial charge in [0.05, 0.1) is 20.0 Å². The summed E-state index contributed by atoms with van der Waals surface area (Å²) in [4.78, 5) is 14.5. The van der Waals surface area contributed by atoms with Gasteiger partial charge in [-0.1, -0.05) is 18.2 Å². The van der Waals surface area contributed by atoms with Crippen LogP contribution in [0.4, 0.5) is 0 Å². The number of ether oxygens (including phenoxy) is 2. The number of para-hydroxylation sites is 1. The lowest BCUT2D eigenvalue weighted by molar-refractivity contribution is -0.116. The van der Waals surface area contributed by atoms with Crippen molar-refractivity contribution in [2.75, 3.05) is 40.9 Å². The van der Waals surface area contributed by atoms with Gasteiger partial charge in [-0.05, 0) is 58.6 Å². The highest BCUT2D eigenvalue weighted by molar-refractivity contribution is 6.01. The summed E-state index contributed by atoms with van der Waals surface area (Å²) in [7, 11) is 5.70. The number of amides is 1. The molecule has 0 aliphatic carbocycles. The lowest BCUT2D eigenvalue weighted by atomic mass is 9.98. The van der Waals surface area contributed by atoms with Crippen molar-refractivity contribution in [1.82, 2.24) is 10.2 Å². The first-order chi connectivity index (χ1) is 15.4. The van der Waals surface area contributed by atoms with Crippen LogP contribution in [-0.4, -0.2) is 51.7 Å². The van der Waals surface area contributed by atoms with Crippen molar-refractivity contribution in [3.05, 3.63) is 54.3 Å². The van der Waals surface area contributed by atoms with Crippen LogP contribution in [0.15, 0.2) is 53.2 Å². The maximum Gasteiger partial charge on any atom is 0.244 e. The number of fused-ring (bicyclic) bond motifs is 1. The Morgan fingerprint density at radius 1 is 1.16 bits per heavy atom. The Morgan fingerprint density at radius 3 is 2.66 bits per heavy atom. The fourth-order valence-electron chi connectivity index (χ4n) is 3.65. The van der Waals surface area contributed by atoms with Gasteiger partial charge in [0.2, 0.25) is 5.91 Å². The average molecular weight is 437 g/mol. The molecule has 0 aliphatic rings. The van der Waals surface area contributed by atoms with E-state index in [1.807, 2.05) is 64.3 Å². The smallest absolute Gasteiger partial charge is 0.244 e. The molecule has 0 fully saturated rings. The fraction of sp³-hybridized carbons (Fsp3) is 0.346. The highest BCUT2D eigenvalue weighted by atomic mass is 16.5. The number of hydrogen-bond donors (Lipinski definition) is 1. The molecule has 3 aromatic rings. The summed E-state index contributed by atoms with van der Waals surface area (Å²) in [5, 5.41) is 3.89. The van der Waals surface area contributed by atoms with E-state index in [4.69, 9.17) is 13.9 Å². The molecular weight excluding hydrogens is 404 g/mol. The topological polar surface area (TPSA) is 63.9 Å². The molecule has 6 heteroatoms. The molecule has 1 aromatic heterocycles. The van der Waals surface area contributed by atoms with Gasteiger partial charge < -0.3 is 24.1 Å². The number of allylic oxidation sites excluding steroid dienone is 1. The number of nitrogens with zero attached hydrogens (tertiary/aromatic N) is 1. The molecule has 0 atom stereocenters. The highest BCUT2D eigenvalue weighted by Crippen LogP contribution is 2.40. The lowest BCUT2D eigenvalue weighted by Gasteiger charge is -2.12. The summed E-state index contributed by atoms with van der Waals surface area (Å²) in [6.45, 7) is 5.94. The van der Waals surface area contributed by atoms with E-state index >= 15 is 0 Å². The van der Waals surface area contributed by atoms with Crippen LogP contribution in [-0.2, 0) is 4.79 Å². The summed E-state index contributed by atoms with van der Waals surface area (Å²) in [5.41, 5.74) is 4.29. The Balaban J connectivity index is 1.96. The number of hydrogen-bond acceptors (Lipinski definition) is 5. The highest BCUT2D eigenvalue weighted by Gasteiger charge is 2.17. The van der Waals surface area contributed by atoms with Gasteiger partial charge in [0.25, 0.3) is 0 Å². The van der Waals surface area contributed by atoms with Gasteiger partial charge in [0.15, 0.2) is 0 Å².